The van der Waals surface area contributed by atoms with Crippen molar-refractivity contribution < 1.29 is 5.11 Å². The van der Waals surface area contributed by atoms with E-state index in [2.05, 4.69) is 33.2 Å². The lowest BCUT2D eigenvalue weighted by molar-refractivity contribution is 0.225. The second-order valence-electron chi connectivity index (χ2n) is 5.06. The van der Waals surface area contributed by atoms with Gasteiger partial charge < -0.3 is 5.11 Å². The Morgan fingerprint density at radius 3 is 2.45 bits per heavy atom. The van der Waals surface area contributed by atoms with Gasteiger partial charge in [0.15, 0.2) is 0 Å². The number of aromatic nitrogens is 2. The first-order valence-corrected chi connectivity index (χ1v) is 7.71. The highest BCUT2D eigenvalue weighted by molar-refractivity contribution is 9.10. The molecular weight excluding hydrogens is 340 g/mol. The van der Waals surface area contributed by atoms with Crippen molar-refractivity contribution in [3.8, 4) is 0 Å². The van der Waals surface area contributed by atoms with Crippen LogP contribution < -0.4 is 0 Å². The van der Waals surface area contributed by atoms with Crippen LogP contribution in [0.4, 0.5) is 0 Å². The molecule has 0 radical (unpaired) electrons. The van der Waals surface area contributed by atoms with Gasteiger partial charge in [0, 0.05) is 23.7 Å². The molecule has 0 saturated carbocycles. The summed E-state index contributed by atoms with van der Waals surface area (Å²) in [5.74, 6) is 0.150. The summed E-state index contributed by atoms with van der Waals surface area (Å²) in [7, 11) is 1.83. The fourth-order valence-electron chi connectivity index (χ4n) is 2.35. The molecule has 0 aliphatic carbocycles. The van der Waals surface area contributed by atoms with E-state index in [0.29, 0.717) is 5.15 Å². The van der Waals surface area contributed by atoms with Gasteiger partial charge in [0.2, 0.25) is 0 Å². The van der Waals surface area contributed by atoms with Gasteiger partial charge in [-0.1, -0.05) is 39.7 Å². The van der Waals surface area contributed by atoms with Crippen molar-refractivity contribution in [3.05, 3.63) is 50.7 Å². The number of halogens is 2. The van der Waals surface area contributed by atoms with Crippen LogP contribution in [0.25, 0.3) is 0 Å². The molecule has 1 atom stereocenters. The summed E-state index contributed by atoms with van der Waals surface area (Å²) in [6.07, 6.45) is 1.57. The first kappa shape index (κ1) is 15.5. The van der Waals surface area contributed by atoms with Crippen LogP contribution in [-0.2, 0) is 19.9 Å². The minimum Gasteiger partial charge on any atom is -0.396 e. The molecule has 108 valence electrons. The van der Waals surface area contributed by atoms with Gasteiger partial charge in [0.25, 0.3) is 0 Å². The van der Waals surface area contributed by atoms with Crippen LogP contribution in [0, 0.1) is 12.8 Å². The number of rotatable bonds is 5. The molecule has 3 nitrogen and oxygen atoms in total. The standard InChI is InChI=1S/C15H18BrClN2O/c1-10-14(15(17)19(2)18-10)8-12(9-20)7-11-3-5-13(16)6-4-11/h3-6,12,20H,7-9H2,1-2H3. The summed E-state index contributed by atoms with van der Waals surface area (Å²) in [6, 6.07) is 8.19. The van der Waals surface area contributed by atoms with Crippen LogP contribution in [0.1, 0.15) is 16.8 Å². The predicted octanol–water partition coefficient (Wildman–Crippen LogP) is 3.54. The second kappa shape index (κ2) is 6.74. The second-order valence-corrected chi connectivity index (χ2v) is 6.34. The summed E-state index contributed by atoms with van der Waals surface area (Å²) in [6.45, 7) is 2.09. The SMILES string of the molecule is Cc1nn(C)c(Cl)c1CC(CO)Cc1ccc(Br)cc1. The Kier molecular flexibility index (Phi) is 5.24. The Bertz CT molecular complexity index is 580. The van der Waals surface area contributed by atoms with Gasteiger partial charge in [-0.3, -0.25) is 4.68 Å². The summed E-state index contributed by atoms with van der Waals surface area (Å²) < 4.78 is 2.74. The highest BCUT2D eigenvalue weighted by atomic mass is 79.9. The topological polar surface area (TPSA) is 38.0 Å². The molecule has 0 aliphatic heterocycles. The molecule has 1 N–H and O–H groups in total. The quantitative estimate of drug-likeness (QED) is 0.889. The number of aryl methyl sites for hydroxylation is 2. The molecule has 0 fully saturated rings. The average Bonchev–Trinajstić information content (AvgIpc) is 2.66. The van der Waals surface area contributed by atoms with Gasteiger partial charge in [-0.2, -0.15) is 5.10 Å². The van der Waals surface area contributed by atoms with E-state index in [1.807, 2.05) is 26.1 Å². The summed E-state index contributed by atoms with van der Waals surface area (Å²) in [5.41, 5.74) is 3.18. The van der Waals surface area contributed by atoms with E-state index in [9.17, 15) is 5.11 Å². The summed E-state index contributed by atoms with van der Waals surface area (Å²) in [4.78, 5) is 0. The van der Waals surface area contributed by atoms with E-state index in [1.165, 1.54) is 5.56 Å². The van der Waals surface area contributed by atoms with E-state index in [0.717, 1.165) is 28.6 Å². The highest BCUT2D eigenvalue weighted by Gasteiger charge is 2.17. The van der Waals surface area contributed by atoms with E-state index in [1.54, 1.807) is 4.68 Å². The molecule has 0 amide bonds. The van der Waals surface area contributed by atoms with Crippen molar-refractivity contribution in [2.75, 3.05) is 6.61 Å². The largest absolute Gasteiger partial charge is 0.396 e. The smallest absolute Gasteiger partial charge is 0.130 e. The van der Waals surface area contributed by atoms with Crippen molar-refractivity contribution in [2.45, 2.75) is 19.8 Å². The number of aliphatic hydroxyl groups excluding tert-OH is 1. The average molecular weight is 358 g/mol. The number of nitrogens with zero attached hydrogens (tertiary/aromatic N) is 2. The van der Waals surface area contributed by atoms with E-state index in [4.69, 9.17) is 11.6 Å². The number of benzene rings is 1. The summed E-state index contributed by atoms with van der Waals surface area (Å²) in [5, 5.41) is 14.6. The zero-order valence-electron chi connectivity index (χ0n) is 11.6. The van der Waals surface area contributed by atoms with Crippen molar-refractivity contribution in [1.29, 1.82) is 0 Å². The molecule has 5 heteroatoms. The third kappa shape index (κ3) is 3.62. The minimum absolute atomic E-state index is 0.140. The van der Waals surface area contributed by atoms with Crippen molar-refractivity contribution in [1.82, 2.24) is 9.78 Å². The molecule has 20 heavy (non-hydrogen) atoms. The van der Waals surface area contributed by atoms with Crippen molar-refractivity contribution >= 4 is 27.5 Å². The number of aliphatic hydroxyl groups is 1. The van der Waals surface area contributed by atoms with Crippen LogP contribution >= 0.6 is 27.5 Å². The summed E-state index contributed by atoms with van der Waals surface area (Å²) >= 11 is 9.68. The van der Waals surface area contributed by atoms with Gasteiger partial charge in [-0.25, -0.2) is 0 Å². The predicted molar refractivity (Wildman–Crippen MR) is 85.1 cm³/mol. The maximum absolute atomic E-state index is 9.61. The lowest BCUT2D eigenvalue weighted by atomic mass is 9.93. The van der Waals surface area contributed by atoms with E-state index >= 15 is 0 Å². The number of hydrogen-bond acceptors (Lipinski definition) is 2. The fraction of sp³-hybridized carbons (Fsp3) is 0.400. The van der Waals surface area contributed by atoms with Crippen LogP contribution in [0.15, 0.2) is 28.7 Å². The molecule has 0 bridgehead atoms. The molecule has 0 aliphatic rings. The lowest BCUT2D eigenvalue weighted by Crippen LogP contribution is -2.13. The van der Waals surface area contributed by atoms with Crippen LogP contribution in [0.3, 0.4) is 0 Å². The Hall–Kier alpha value is -0.840. The first-order chi connectivity index (χ1) is 9.51. The third-order valence-electron chi connectivity index (χ3n) is 3.46. The third-order valence-corrected chi connectivity index (χ3v) is 4.46. The van der Waals surface area contributed by atoms with Gasteiger partial charge >= 0.3 is 0 Å². The van der Waals surface area contributed by atoms with E-state index in [-0.39, 0.29) is 12.5 Å². The molecule has 0 spiro atoms. The molecule has 2 aromatic rings. The van der Waals surface area contributed by atoms with Crippen LogP contribution in [0.5, 0.6) is 0 Å². The minimum atomic E-state index is 0.140. The maximum Gasteiger partial charge on any atom is 0.130 e. The van der Waals surface area contributed by atoms with Gasteiger partial charge in [-0.15, -0.1) is 0 Å². The molecular formula is C15H18BrClN2O. The van der Waals surface area contributed by atoms with Crippen molar-refractivity contribution in [2.24, 2.45) is 13.0 Å². The van der Waals surface area contributed by atoms with Crippen LogP contribution in [-0.4, -0.2) is 21.5 Å². The molecule has 1 unspecified atom stereocenters. The molecule has 1 heterocycles. The lowest BCUT2D eigenvalue weighted by Gasteiger charge is -2.14. The van der Waals surface area contributed by atoms with Crippen molar-refractivity contribution in [3.63, 3.8) is 0 Å². The first-order valence-electron chi connectivity index (χ1n) is 6.54. The van der Waals surface area contributed by atoms with Gasteiger partial charge in [0.05, 0.1) is 5.69 Å². The molecule has 1 aromatic heterocycles. The zero-order valence-corrected chi connectivity index (χ0v) is 13.9. The Morgan fingerprint density at radius 1 is 1.30 bits per heavy atom. The highest BCUT2D eigenvalue weighted by Crippen LogP contribution is 2.24. The Balaban J connectivity index is 2.11. The fourth-order valence-corrected chi connectivity index (χ4v) is 2.87. The molecule has 2 rings (SSSR count). The normalized spacial score (nSPS) is 12.7. The Labute approximate surface area is 132 Å². The van der Waals surface area contributed by atoms with E-state index < -0.39 is 0 Å². The molecule has 0 saturated heterocycles. The number of hydrogen-bond donors (Lipinski definition) is 1. The monoisotopic (exact) mass is 356 g/mol. The van der Waals surface area contributed by atoms with Gasteiger partial charge in [-0.05, 0) is 43.4 Å². The maximum atomic E-state index is 9.61. The van der Waals surface area contributed by atoms with Crippen LogP contribution in [0.2, 0.25) is 5.15 Å². The zero-order chi connectivity index (χ0) is 14.7. The molecule has 1 aromatic carbocycles. The Morgan fingerprint density at radius 2 is 1.95 bits per heavy atom. The van der Waals surface area contributed by atoms with Gasteiger partial charge in [0.1, 0.15) is 5.15 Å².